The van der Waals surface area contributed by atoms with Gasteiger partial charge in [0.15, 0.2) is 0 Å². The number of H-pyrrole nitrogens is 2. The van der Waals surface area contributed by atoms with E-state index in [1.807, 2.05) is 4.98 Å². The third-order valence-electron chi connectivity index (χ3n) is 2.48. The fourth-order valence-electron chi connectivity index (χ4n) is 1.69. The number of halogens is 2. The van der Waals surface area contributed by atoms with Gasteiger partial charge in [0.2, 0.25) is 5.91 Å². The number of aromatic nitrogens is 2. The summed E-state index contributed by atoms with van der Waals surface area (Å²) in [4.78, 5) is 39.6. The number of aromatic amines is 2. The van der Waals surface area contributed by atoms with Crippen LogP contribution in [0.25, 0.3) is 0 Å². The van der Waals surface area contributed by atoms with Crippen molar-refractivity contribution in [2.45, 2.75) is 19.4 Å². The number of nitrogens with one attached hydrogen (secondary N) is 2. The van der Waals surface area contributed by atoms with Gasteiger partial charge in [-0.2, -0.15) is 0 Å². The van der Waals surface area contributed by atoms with Crippen molar-refractivity contribution in [2.24, 2.45) is 0 Å². The van der Waals surface area contributed by atoms with Crippen molar-refractivity contribution >= 4 is 29.9 Å². The van der Waals surface area contributed by atoms with Crippen LogP contribution in [0.15, 0.2) is 9.59 Å². The van der Waals surface area contributed by atoms with Gasteiger partial charge in [0.05, 0.1) is 12.2 Å². The normalized spacial score (nSPS) is 14.9. The first-order valence-electron chi connectivity index (χ1n) is 4.86. The molecule has 0 saturated carbocycles. The average Bonchev–Trinajstić information content (AvgIpc) is 2.60. The highest BCUT2D eigenvalue weighted by Gasteiger charge is 2.21. The van der Waals surface area contributed by atoms with Crippen molar-refractivity contribution in [3.05, 3.63) is 31.6 Å². The van der Waals surface area contributed by atoms with E-state index in [0.717, 1.165) is 6.42 Å². The standard InChI is InChI=1S/C9H10ClN3O3.ClH/c10-7-5(11-9(16)12-8(7)15)4-13-3-1-2-6(13)14;/h1-4H2,(H2,11,12,15,16);1H. The molecule has 17 heavy (non-hydrogen) atoms. The molecule has 0 unspecified atom stereocenters. The van der Waals surface area contributed by atoms with Crippen molar-refractivity contribution in [3.63, 3.8) is 0 Å². The summed E-state index contributed by atoms with van der Waals surface area (Å²) in [5.74, 6) is 0.0113. The van der Waals surface area contributed by atoms with Crippen LogP contribution in [0.3, 0.4) is 0 Å². The van der Waals surface area contributed by atoms with E-state index in [9.17, 15) is 14.4 Å². The first kappa shape index (κ1) is 13.8. The van der Waals surface area contributed by atoms with E-state index < -0.39 is 11.2 Å². The molecule has 1 aliphatic rings. The highest BCUT2D eigenvalue weighted by molar-refractivity contribution is 6.31. The highest BCUT2D eigenvalue weighted by atomic mass is 35.5. The van der Waals surface area contributed by atoms with Gasteiger partial charge in [0, 0.05) is 13.0 Å². The number of carbonyl (C=O) groups excluding carboxylic acids is 1. The van der Waals surface area contributed by atoms with Crippen molar-refractivity contribution in [2.75, 3.05) is 6.54 Å². The van der Waals surface area contributed by atoms with Crippen LogP contribution >= 0.6 is 24.0 Å². The van der Waals surface area contributed by atoms with Gasteiger partial charge in [-0.05, 0) is 6.42 Å². The summed E-state index contributed by atoms with van der Waals surface area (Å²) in [7, 11) is 0. The lowest BCUT2D eigenvalue weighted by Crippen LogP contribution is -2.30. The van der Waals surface area contributed by atoms with Crippen LogP contribution in [0.1, 0.15) is 18.5 Å². The fraction of sp³-hybridized carbons (Fsp3) is 0.444. The summed E-state index contributed by atoms with van der Waals surface area (Å²) in [5, 5.41) is -0.0701. The lowest BCUT2D eigenvalue weighted by molar-refractivity contribution is -0.128. The molecule has 0 radical (unpaired) electrons. The van der Waals surface area contributed by atoms with Gasteiger partial charge in [0.1, 0.15) is 5.02 Å². The largest absolute Gasteiger partial charge is 0.337 e. The molecule has 1 aliphatic heterocycles. The maximum absolute atomic E-state index is 11.4. The minimum Gasteiger partial charge on any atom is -0.337 e. The monoisotopic (exact) mass is 279 g/mol. The summed E-state index contributed by atoms with van der Waals surface area (Å²) in [6.45, 7) is 0.806. The number of carbonyl (C=O) groups is 1. The average molecular weight is 280 g/mol. The van der Waals surface area contributed by atoms with Gasteiger partial charge in [-0.15, -0.1) is 12.4 Å². The Balaban J connectivity index is 0.00000144. The molecule has 1 saturated heterocycles. The van der Waals surface area contributed by atoms with Crippen LogP contribution in [-0.4, -0.2) is 27.3 Å². The molecule has 0 bridgehead atoms. The molecule has 0 spiro atoms. The van der Waals surface area contributed by atoms with E-state index >= 15 is 0 Å². The summed E-state index contributed by atoms with van der Waals surface area (Å²) in [5.41, 5.74) is -0.964. The zero-order chi connectivity index (χ0) is 11.7. The molecule has 0 aromatic carbocycles. The molecule has 1 aromatic rings. The Labute approximate surface area is 107 Å². The Morgan fingerprint density at radius 2 is 1.94 bits per heavy atom. The quantitative estimate of drug-likeness (QED) is 0.814. The van der Waals surface area contributed by atoms with Crippen molar-refractivity contribution < 1.29 is 4.79 Å². The summed E-state index contributed by atoms with van der Waals surface area (Å²) in [6.07, 6.45) is 1.30. The summed E-state index contributed by atoms with van der Waals surface area (Å²) >= 11 is 5.74. The molecule has 8 heteroatoms. The number of rotatable bonds is 2. The number of hydrogen-bond acceptors (Lipinski definition) is 3. The van der Waals surface area contributed by atoms with E-state index in [1.165, 1.54) is 0 Å². The minimum absolute atomic E-state index is 0. The van der Waals surface area contributed by atoms with E-state index in [1.54, 1.807) is 4.90 Å². The lowest BCUT2D eigenvalue weighted by Gasteiger charge is -2.15. The minimum atomic E-state index is -0.632. The Morgan fingerprint density at radius 1 is 1.24 bits per heavy atom. The van der Waals surface area contributed by atoms with Gasteiger partial charge < -0.3 is 9.88 Å². The van der Waals surface area contributed by atoms with Gasteiger partial charge >= 0.3 is 5.69 Å². The molecule has 94 valence electrons. The fourth-order valence-corrected chi connectivity index (χ4v) is 1.84. The number of likely N-dealkylation sites (tertiary alicyclic amines) is 1. The first-order chi connectivity index (χ1) is 7.58. The number of nitrogens with zero attached hydrogens (tertiary/aromatic N) is 1. The topological polar surface area (TPSA) is 86.0 Å². The zero-order valence-electron chi connectivity index (χ0n) is 8.79. The molecule has 1 aromatic heterocycles. The predicted octanol–water partition coefficient (Wildman–Crippen LogP) is 0.261. The third-order valence-corrected chi connectivity index (χ3v) is 2.88. The van der Waals surface area contributed by atoms with E-state index in [4.69, 9.17) is 11.6 Å². The highest BCUT2D eigenvalue weighted by Crippen LogP contribution is 2.15. The number of hydrogen-bond donors (Lipinski definition) is 2. The molecular weight excluding hydrogens is 269 g/mol. The van der Waals surface area contributed by atoms with Crippen LogP contribution in [-0.2, 0) is 11.3 Å². The van der Waals surface area contributed by atoms with Crippen molar-refractivity contribution in [3.8, 4) is 0 Å². The molecule has 0 atom stereocenters. The molecule has 1 amide bonds. The molecule has 6 nitrogen and oxygen atoms in total. The molecule has 2 N–H and O–H groups in total. The summed E-state index contributed by atoms with van der Waals surface area (Å²) < 4.78 is 0. The van der Waals surface area contributed by atoms with Gasteiger partial charge in [-0.3, -0.25) is 14.6 Å². The molecule has 2 rings (SSSR count). The second-order valence-corrected chi connectivity index (χ2v) is 4.00. The Morgan fingerprint density at radius 3 is 2.53 bits per heavy atom. The molecular formula is C9H11Cl2N3O3. The maximum atomic E-state index is 11.4. The number of amides is 1. The Bertz CT molecular complexity index is 537. The van der Waals surface area contributed by atoms with Crippen molar-refractivity contribution in [1.29, 1.82) is 0 Å². The second-order valence-electron chi connectivity index (χ2n) is 3.62. The first-order valence-corrected chi connectivity index (χ1v) is 5.24. The van der Waals surface area contributed by atoms with Crippen LogP contribution < -0.4 is 11.2 Å². The van der Waals surface area contributed by atoms with Gasteiger partial charge in [-0.1, -0.05) is 11.6 Å². The zero-order valence-corrected chi connectivity index (χ0v) is 10.4. The lowest BCUT2D eigenvalue weighted by atomic mass is 10.3. The molecule has 0 aliphatic carbocycles. The Kier molecular flexibility index (Phi) is 4.36. The maximum Gasteiger partial charge on any atom is 0.326 e. The van der Waals surface area contributed by atoms with E-state index in [2.05, 4.69) is 4.98 Å². The Hall–Kier alpha value is -1.27. The van der Waals surface area contributed by atoms with E-state index in [-0.39, 0.29) is 35.6 Å². The SMILES string of the molecule is Cl.O=C1CCCN1Cc1[nH]c(=O)[nH]c(=O)c1Cl. The summed E-state index contributed by atoms with van der Waals surface area (Å²) in [6, 6.07) is 0. The second kappa shape index (κ2) is 5.37. The van der Waals surface area contributed by atoms with Crippen molar-refractivity contribution in [1.82, 2.24) is 14.9 Å². The predicted molar refractivity (Wildman–Crippen MR) is 64.6 cm³/mol. The van der Waals surface area contributed by atoms with Crippen LogP contribution in [0.2, 0.25) is 5.02 Å². The van der Waals surface area contributed by atoms with E-state index in [0.29, 0.717) is 13.0 Å². The van der Waals surface area contributed by atoms with Crippen LogP contribution in [0.4, 0.5) is 0 Å². The molecule has 2 heterocycles. The van der Waals surface area contributed by atoms with Gasteiger partial charge in [-0.25, -0.2) is 4.79 Å². The third kappa shape index (κ3) is 2.89. The van der Waals surface area contributed by atoms with Crippen LogP contribution in [0.5, 0.6) is 0 Å². The van der Waals surface area contributed by atoms with Crippen LogP contribution in [0, 0.1) is 0 Å². The smallest absolute Gasteiger partial charge is 0.326 e. The van der Waals surface area contributed by atoms with Gasteiger partial charge in [0.25, 0.3) is 5.56 Å². The molecule has 1 fully saturated rings.